The molecule has 0 aromatic heterocycles. The summed E-state index contributed by atoms with van der Waals surface area (Å²) in [5.41, 5.74) is 6.37. The minimum Gasteiger partial charge on any atom is -0.0654 e. The highest BCUT2D eigenvalue weighted by Crippen LogP contribution is 2.25. The fourth-order valence-corrected chi connectivity index (χ4v) is 2.97. The Labute approximate surface area is 127 Å². The third kappa shape index (κ3) is 4.96. The first kappa shape index (κ1) is 17.3. The molecule has 0 nitrogen and oxygen atoms in total. The normalized spacial score (nSPS) is 11.0. The van der Waals surface area contributed by atoms with E-state index in [0.717, 1.165) is 6.42 Å². The molecular weight excluding hydrogens is 240 g/mol. The quantitative estimate of drug-likeness (QED) is 0.484. The van der Waals surface area contributed by atoms with Gasteiger partial charge in [-0.05, 0) is 74.1 Å². The number of aryl methyl sites for hydroxylation is 2. The Morgan fingerprint density at radius 1 is 0.700 bits per heavy atom. The minimum absolute atomic E-state index is 0.956. The zero-order valence-corrected chi connectivity index (χ0v) is 13.9. The Morgan fingerprint density at radius 3 is 1.60 bits per heavy atom. The Morgan fingerprint density at radius 2 is 1.15 bits per heavy atom. The molecule has 0 saturated carbocycles. The van der Waals surface area contributed by atoms with Gasteiger partial charge in [-0.3, -0.25) is 0 Å². The highest BCUT2D eigenvalue weighted by Gasteiger charge is 2.11. The van der Waals surface area contributed by atoms with E-state index in [4.69, 9.17) is 0 Å². The molecule has 0 unspecified atom stereocenters. The van der Waals surface area contributed by atoms with E-state index < -0.39 is 0 Å². The van der Waals surface area contributed by atoms with Gasteiger partial charge in [0.25, 0.3) is 0 Å². The molecule has 0 aliphatic carbocycles. The van der Waals surface area contributed by atoms with Gasteiger partial charge in [-0.2, -0.15) is 0 Å². The topological polar surface area (TPSA) is 0 Å². The molecule has 0 atom stereocenters. The lowest BCUT2D eigenvalue weighted by molar-refractivity contribution is 0.742. The number of unbranched alkanes of at least 4 members (excludes halogenated alkanes) is 3. The van der Waals surface area contributed by atoms with Gasteiger partial charge in [-0.15, -0.1) is 0 Å². The Balaban J connectivity index is 3.05. The van der Waals surface area contributed by atoms with Crippen molar-refractivity contribution in [2.75, 3.05) is 0 Å². The van der Waals surface area contributed by atoms with Crippen molar-refractivity contribution in [1.82, 2.24) is 0 Å². The molecule has 0 bridgehead atoms. The first-order valence-electron chi connectivity index (χ1n) is 8.70. The van der Waals surface area contributed by atoms with E-state index in [1.54, 1.807) is 22.3 Å². The minimum atomic E-state index is 0.956. The van der Waals surface area contributed by atoms with Crippen molar-refractivity contribution in [1.29, 1.82) is 0 Å². The summed E-state index contributed by atoms with van der Waals surface area (Å²) in [6.07, 6.45) is 12.4. The number of benzene rings is 1. The van der Waals surface area contributed by atoms with E-state index in [0.29, 0.717) is 0 Å². The van der Waals surface area contributed by atoms with Gasteiger partial charge in [-0.1, -0.05) is 52.2 Å². The first-order valence-corrected chi connectivity index (χ1v) is 8.70. The van der Waals surface area contributed by atoms with Crippen LogP contribution in [0.25, 0.3) is 0 Å². The summed E-state index contributed by atoms with van der Waals surface area (Å²) in [7, 11) is 0. The molecule has 20 heavy (non-hydrogen) atoms. The van der Waals surface area contributed by atoms with E-state index >= 15 is 0 Å². The molecule has 0 spiro atoms. The van der Waals surface area contributed by atoms with Gasteiger partial charge in [0.1, 0.15) is 0 Å². The van der Waals surface area contributed by atoms with Crippen LogP contribution < -0.4 is 0 Å². The smallest absolute Gasteiger partial charge is 0.0273 e. The summed E-state index contributed by atoms with van der Waals surface area (Å²) >= 11 is 0. The number of rotatable bonds is 10. The lowest BCUT2D eigenvalue weighted by atomic mass is 9.87. The van der Waals surface area contributed by atoms with Gasteiger partial charge < -0.3 is 0 Å². The first-order chi connectivity index (χ1) is 9.78. The summed E-state index contributed by atoms with van der Waals surface area (Å²) in [5.74, 6) is 0. The van der Waals surface area contributed by atoms with E-state index in [1.807, 2.05) is 0 Å². The van der Waals surface area contributed by atoms with E-state index in [1.165, 1.54) is 57.8 Å². The Kier molecular flexibility index (Phi) is 8.65. The Hall–Kier alpha value is -0.780. The molecule has 1 radical (unpaired) electrons. The highest BCUT2D eigenvalue weighted by molar-refractivity contribution is 5.42. The largest absolute Gasteiger partial charge is 0.0654 e. The summed E-state index contributed by atoms with van der Waals surface area (Å²) in [6, 6.07) is 4.79. The predicted molar refractivity (Wildman–Crippen MR) is 91.3 cm³/mol. The SMILES string of the molecule is [CH2]Cc1c(CCCC)ccc(CCCC)c1CCCC. The van der Waals surface area contributed by atoms with Crippen molar-refractivity contribution in [2.45, 2.75) is 85.0 Å². The average Bonchev–Trinajstić information content (AvgIpc) is 2.48. The summed E-state index contributed by atoms with van der Waals surface area (Å²) in [5, 5.41) is 0. The zero-order valence-electron chi connectivity index (χ0n) is 13.9. The summed E-state index contributed by atoms with van der Waals surface area (Å²) < 4.78 is 0. The summed E-state index contributed by atoms with van der Waals surface area (Å²) in [4.78, 5) is 0. The van der Waals surface area contributed by atoms with E-state index in [-0.39, 0.29) is 0 Å². The molecule has 0 N–H and O–H groups in total. The molecule has 1 aromatic rings. The zero-order chi connectivity index (χ0) is 14.8. The molecule has 0 aliphatic rings. The second-order valence-corrected chi connectivity index (χ2v) is 5.90. The molecule has 0 amide bonds. The van der Waals surface area contributed by atoms with Crippen molar-refractivity contribution in [3.63, 3.8) is 0 Å². The van der Waals surface area contributed by atoms with Crippen LogP contribution in [0.3, 0.4) is 0 Å². The van der Waals surface area contributed by atoms with Crippen molar-refractivity contribution in [3.8, 4) is 0 Å². The third-order valence-corrected chi connectivity index (χ3v) is 4.25. The van der Waals surface area contributed by atoms with Crippen LogP contribution >= 0.6 is 0 Å². The average molecular weight is 273 g/mol. The van der Waals surface area contributed by atoms with Crippen LogP contribution in [0.15, 0.2) is 12.1 Å². The van der Waals surface area contributed by atoms with Gasteiger partial charge >= 0.3 is 0 Å². The third-order valence-electron chi connectivity index (χ3n) is 4.25. The molecule has 0 saturated heterocycles. The molecule has 0 fully saturated rings. The van der Waals surface area contributed by atoms with Crippen LogP contribution in [-0.4, -0.2) is 0 Å². The van der Waals surface area contributed by atoms with Gasteiger partial charge in [-0.25, -0.2) is 0 Å². The molecule has 0 aliphatic heterocycles. The van der Waals surface area contributed by atoms with Crippen molar-refractivity contribution in [2.24, 2.45) is 0 Å². The fraction of sp³-hybridized carbons (Fsp3) is 0.650. The van der Waals surface area contributed by atoms with E-state index in [9.17, 15) is 0 Å². The lowest BCUT2D eigenvalue weighted by Gasteiger charge is -2.18. The Bertz CT molecular complexity index is 376. The standard InChI is InChI=1S/C20H33/c1-5-9-12-17-15-16-18(13-10-6-2)20(14-11-7-3)19(17)8-4/h15-16H,4-14H2,1-3H3. The van der Waals surface area contributed by atoms with Crippen molar-refractivity contribution >= 4 is 0 Å². The predicted octanol–water partition coefficient (Wildman–Crippen LogP) is 6.09. The number of hydrogen-bond donors (Lipinski definition) is 0. The molecule has 1 rings (SSSR count). The highest BCUT2D eigenvalue weighted by atomic mass is 14.2. The van der Waals surface area contributed by atoms with Crippen LogP contribution in [0.1, 0.15) is 81.5 Å². The van der Waals surface area contributed by atoms with Crippen LogP contribution in [0.5, 0.6) is 0 Å². The van der Waals surface area contributed by atoms with Crippen LogP contribution in [0.2, 0.25) is 0 Å². The van der Waals surface area contributed by atoms with Crippen molar-refractivity contribution < 1.29 is 0 Å². The molecule has 0 heteroatoms. The van der Waals surface area contributed by atoms with Gasteiger partial charge in [0.15, 0.2) is 0 Å². The molecule has 0 heterocycles. The lowest BCUT2D eigenvalue weighted by Crippen LogP contribution is -2.05. The van der Waals surface area contributed by atoms with Gasteiger partial charge in [0.05, 0.1) is 0 Å². The maximum Gasteiger partial charge on any atom is -0.0273 e. The summed E-state index contributed by atoms with van der Waals surface area (Å²) in [6.45, 7) is 11.1. The maximum atomic E-state index is 4.21. The van der Waals surface area contributed by atoms with Crippen LogP contribution in [0, 0.1) is 6.92 Å². The number of hydrogen-bond acceptors (Lipinski definition) is 0. The van der Waals surface area contributed by atoms with Crippen LogP contribution in [0.4, 0.5) is 0 Å². The second kappa shape index (κ2) is 10.0. The van der Waals surface area contributed by atoms with Gasteiger partial charge in [0.2, 0.25) is 0 Å². The molecule has 113 valence electrons. The molecular formula is C20H33. The second-order valence-electron chi connectivity index (χ2n) is 5.90. The van der Waals surface area contributed by atoms with Crippen molar-refractivity contribution in [3.05, 3.63) is 41.3 Å². The van der Waals surface area contributed by atoms with E-state index in [2.05, 4.69) is 39.8 Å². The monoisotopic (exact) mass is 273 g/mol. The van der Waals surface area contributed by atoms with Gasteiger partial charge in [0, 0.05) is 0 Å². The molecule has 1 aromatic carbocycles. The fourth-order valence-electron chi connectivity index (χ4n) is 2.97. The van der Waals surface area contributed by atoms with Crippen LogP contribution in [-0.2, 0) is 25.7 Å². The maximum absolute atomic E-state index is 4.21.